The number of esters is 1. The topological polar surface area (TPSA) is 147 Å². The molecule has 13 heteroatoms. The molecule has 2 aromatic carbocycles. The third-order valence-corrected chi connectivity index (χ3v) is 7.98. The lowest BCUT2D eigenvalue weighted by atomic mass is 10.1. The number of hydrogen-bond acceptors (Lipinski definition) is 10. The number of carbonyl (C=O) groups is 3. The van der Waals surface area contributed by atoms with Crippen LogP contribution in [-0.2, 0) is 9.53 Å². The van der Waals surface area contributed by atoms with Crippen molar-refractivity contribution in [2.75, 3.05) is 24.4 Å². The predicted octanol–water partition coefficient (Wildman–Crippen LogP) is 3.95. The van der Waals surface area contributed by atoms with Gasteiger partial charge in [0.1, 0.15) is 10.8 Å². The monoisotopic (exact) mass is 582 g/mol. The lowest BCUT2D eigenvalue weighted by molar-refractivity contribution is -0.705. The van der Waals surface area contributed by atoms with E-state index in [0.29, 0.717) is 22.7 Å². The SMILES string of the molecule is CCOC(=O)c1c(NC(=O)C(C)Sc2c([O-])on[n+]2-c2ccc(OC)cc2)sc(C(=O)Nc2ccccc2)c1C. The summed E-state index contributed by atoms with van der Waals surface area (Å²) in [6, 6.07) is 15.7. The summed E-state index contributed by atoms with van der Waals surface area (Å²) in [6.07, 6.45) is 0. The average Bonchev–Trinajstić information content (AvgIpc) is 3.48. The molecule has 2 N–H and O–H groups in total. The molecule has 4 aromatic rings. The number of thioether (sulfide) groups is 1. The van der Waals surface area contributed by atoms with Gasteiger partial charge in [-0.3, -0.25) is 9.59 Å². The number of thiophene rings is 1. The summed E-state index contributed by atoms with van der Waals surface area (Å²) in [6.45, 7) is 5.00. The molecule has 0 saturated heterocycles. The molecule has 40 heavy (non-hydrogen) atoms. The number of nitrogens with one attached hydrogen (secondary N) is 2. The van der Waals surface area contributed by atoms with E-state index in [0.717, 1.165) is 23.1 Å². The molecule has 0 saturated carbocycles. The zero-order valence-electron chi connectivity index (χ0n) is 22.0. The number of methoxy groups -OCH3 is 1. The highest BCUT2D eigenvalue weighted by Gasteiger charge is 2.30. The molecule has 0 aliphatic carbocycles. The first-order valence-corrected chi connectivity index (χ1v) is 13.8. The first kappa shape index (κ1) is 28.6. The number of ether oxygens (including phenoxy) is 2. The molecule has 2 aromatic heterocycles. The number of anilines is 2. The Morgan fingerprint density at radius 2 is 1.82 bits per heavy atom. The molecular weight excluding hydrogens is 556 g/mol. The van der Waals surface area contributed by atoms with Gasteiger partial charge >= 0.3 is 5.97 Å². The molecule has 1 unspecified atom stereocenters. The van der Waals surface area contributed by atoms with Crippen molar-refractivity contribution >= 4 is 51.6 Å². The quantitative estimate of drug-likeness (QED) is 0.161. The Hall–Kier alpha value is -4.36. The van der Waals surface area contributed by atoms with Gasteiger partial charge in [-0.2, -0.15) is 0 Å². The minimum atomic E-state index is -0.810. The van der Waals surface area contributed by atoms with E-state index in [1.807, 2.05) is 6.07 Å². The fourth-order valence-corrected chi connectivity index (χ4v) is 5.60. The molecule has 0 aliphatic heterocycles. The summed E-state index contributed by atoms with van der Waals surface area (Å²) in [5, 5.41) is 21.2. The summed E-state index contributed by atoms with van der Waals surface area (Å²) in [5.41, 5.74) is 1.60. The van der Waals surface area contributed by atoms with Gasteiger partial charge in [0.2, 0.25) is 11.6 Å². The Bertz CT molecular complexity index is 1520. The Kier molecular flexibility index (Phi) is 9.07. The largest absolute Gasteiger partial charge is 0.538 e. The van der Waals surface area contributed by atoms with Gasteiger partial charge in [0.05, 0.1) is 34.7 Å². The molecule has 0 spiro atoms. The van der Waals surface area contributed by atoms with Crippen molar-refractivity contribution in [3.63, 3.8) is 0 Å². The zero-order chi connectivity index (χ0) is 28.8. The van der Waals surface area contributed by atoms with E-state index in [1.165, 1.54) is 11.8 Å². The summed E-state index contributed by atoms with van der Waals surface area (Å²) in [5.74, 6) is -1.68. The van der Waals surface area contributed by atoms with Crippen molar-refractivity contribution in [2.24, 2.45) is 0 Å². The van der Waals surface area contributed by atoms with Crippen LogP contribution in [0.25, 0.3) is 5.69 Å². The molecular formula is C27H26N4O7S2. The van der Waals surface area contributed by atoms with E-state index in [9.17, 15) is 19.5 Å². The van der Waals surface area contributed by atoms with E-state index in [1.54, 1.807) is 69.3 Å². The third kappa shape index (κ3) is 6.26. The van der Waals surface area contributed by atoms with Crippen LogP contribution in [0.15, 0.2) is 64.1 Å². The summed E-state index contributed by atoms with van der Waals surface area (Å²) in [4.78, 5) is 39.3. The maximum Gasteiger partial charge on any atom is 0.341 e. The van der Waals surface area contributed by atoms with Gasteiger partial charge in [0.25, 0.3) is 10.9 Å². The highest BCUT2D eigenvalue weighted by atomic mass is 32.2. The van der Waals surface area contributed by atoms with Gasteiger partial charge in [0, 0.05) is 17.8 Å². The Labute approximate surface area is 238 Å². The number of amides is 2. The van der Waals surface area contributed by atoms with Crippen LogP contribution in [0.4, 0.5) is 10.7 Å². The maximum absolute atomic E-state index is 13.2. The van der Waals surface area contributed by atoms with Gasteiger partial charge in [-0.15, -0.1) is 11.3 Å². The highest BCUT2D eigenvalue weighted by Crippen LogP contribution is 2.36. The van der Waals surface area contributed by atoms with E-state index in [-0.39, 0.29) is 27.1 Å². The highest BCUT2D eigenvalue weighted by molar-refractivity contribution is 8.00. The van der Waals surface area contributed by atoms with Crippen LogP contribution in [0.1, 0.15) is 39.4 Å². The Morgan fingerprint density at radius 1 is 1.12 bits per heavy atom. The minimum Gasteiger partial charge on any atom is -0.538 e. The smallest absolute Gasteiger partial charge is 0.341 e. The van der Waals surface area contributed by atoms with Crippen LogP contribution in [0.3, 0.4) is 0 Å². The third-order valence-electron chi connectivity index (χ3n) is 5.65. The first-order chi connectivity index (χ1) is 19.2. The number of nitrogens with zero attached hydrogens (tertiary/aromatic N) is 2. The molecule has 0 aliphatic rings. The van der Waals surface area contributed by atoms with Crippen molar-refractivity contribution in [2.45, 2.75) is 31.0 Å². The summed E-state index contributed by atoms with van der Waals surface area (Å²) in [7, 11) is 1.54. The van der Waals surface area contributed by atoms with Crippen molar-refractivity contribution in [1.29, 1.82) is 0 Å². The van der Waals surface area contributed by atoms with E-state index < -0.39 is 29.0 Å². The fourth-order valence-electron chi connectivity index (χ4n) is 3.64. The Balaban J connectivity index is 1.57. The van der Waals surface area contributed by atoms with Gasteiger partial charge < -0.3 is 29.7 Å². The number of rotatable bonds is 10. The van der Waals surface area contributed by atoms with Gasteiger partial charge in [-0.1, -0.05) is 18.2 Å². The first-order valence-electron chi connectivity index (χ1n) is 12.1. The second kappa shape index (κ2) is 12.7. The van der Waals surface area contributed by atoms with Crippen LogP contribution in [0.5, 0.6) is 11.7 Å². The zero-order valence-corrected chi connectivity index (χ0v) is 23.7. The molecule has 0 radical (unpaired) electrons. The second-order valence-electron chi connectivity index (χ2n) is 8.33. The van der Waals surface area contributed by atoms with Crippen molar-refractivity contribution in [1.82, 2.24) is 5.27 Å². The van der Waals surface area contributed by atoms with Crippen molar-refractivity contribution in [3.05, 3.63) is 70.6 Å². The molecule has 0 fully saturated rings. The molecule has 2 amide bonds. The van der Waals surface area contributed by atoms with Gasteiger partial charge in [-0.25, -0.2) is 4.79 Å². The number of hydrogen-bond donors (Lipinski definition) is 2. The predicted molar refractivity (Wildman–Crippen MR) is 147 cm³/mol. The number of benzene rings is 2. The lowest BCUT2D eigenvalue weighted by Gasteiger charge is -2.11. The van der Waals surface area contributed by atoms with Crippen molar-refractivity contribution < 1.29 is 38.2 Å². The van der Waals surface area contributed by atoms with Crippen LogP contribution in [-0.4, -0.2) is 42.0 Å². The van der Waals surface area contributed by atoms with Crippen LogP contribution < -0.4 is 25.2 Å². The standard InChI is InChI=1S/C27H26N4O7S2/c1-5-37-26(34)20-15(2)21(23(33)28-17-9-7-6-8-10-17)40-24(20)29-22(32)16(3)39-25-27(35)38-30-31(25)18-11-13-19(36-4)14-12-18/h6-14,16H,5H2,1-4H3,(H2-,28,29,30,32,33,34,35). The number of carbonyl (C=O) groups excluding carboxylic acids is 3. The molecule has 4 rings (SSSR count). The normalized spacial score (nSPS) is 11.5. The average molecular weight is 583 g/mol. The van der Waals surface area contributed by atoms with Crippen molar-refractivity contribution in [3.8, 4) is 17.4 Å². The second-order valence-corrected chi connectivity index (χ2v) is 10.7. The molecule has 0 bridgehead atoms. The van der Waals surface area contributed by atoms with Gasteiger partial charge in [0.15, 0.2) is 5.95 Å². The van der Waals surface area contributed by atoms with E-state index >= 15 is 0 Å². The maximum atomic E-state index is 13.2. The lowest BCUT2D eigenvalue weighted by Crippen LogP contribution is -2.36. The van der Waals surface area contributed by atoms with Crippen LogP contribution >= 0.6 is 23.1 Å². The number of aromatic nitrogens is 2. The minimum absolute atomic E-state index is 0.0868. The summed E-state index contributed by atoms with van der Waals surface area (Å²) < 4.78 is 16.5. The van der Waals surface area contributed by atoms with E-state index in [4.69, 9.17) is 14.0 Å². The molecule has 208 valence electrons. The Morgan fingerprint density at radius 3 is 2.48 bits per heavy atom. The van der Waals surface area contributed by atoms with Gasteiger partial charge in [-0.05, 0) is 67.0 Å². The summed E-state index contributed by atoms with van der Waals surface area (Å²) >= 11 is 1.90. The van der Waals surface area contributed by atoms with Crippen LogP contribution in [0, 0.1) is 6.92 Å². The number of para-hydroxylation sites is 1. The molecule has 11 nitrogen and oxygen atoms in total. The molecule has 1 atom stereocenters. The fraction of sp³-hybridized carbons (Fsp3) is 0.222. The molecule has 2 heterocycles. The van der Waals surface area contributed by atoms with Crippen LogP contribution in [0.2, 0.25) is 0 Å². The van der Waals surface area contributed by atoms with E-state index in [2.05, 4.69) is 15.9 Å².